The number of esters is 2. The molecule has 1 aliphatic carbocycles. The smallest absolute Gasteiger partial charge is 0.303 e. The minimum atomic E-state index is -1.11. The summed E-state index contributed by atoms with van der Waals surface area (Å²) in [4.78, 5) is 23.0. The minimum Gasteiger partial charge on any atom is -0.456 e. The molecule has 29 heavy (non-hydrogen) atoms. The van der Waals surface area contributed by atoms with Crippen LogP contribution in [0.1, 0.15) is 67.7 Å². The van der Waals surface area contributed by atoms with Crippen LogP contribution in [0.2, 0.25) is 0 Å². The Morgan fingerprint density at radius 3 is 2.24 bits per heavy atom. The molecule has 1 aliphatic rings. The Hall–Kier alpha value is -1.88. The molecule has 0 saturated heterocycles. The van der Waals surface area contributed by atoms with Crippen molar-refractivity contribution in [3.63, 3.8) is 0 Å². The minimum absolute atomic E-state index is 0.0169. The monoisotopic (exact) mass is 406 g/mol. The highest BCUT2D eigenvalue weighted by molar-refractivity contribution is 5.68. The molecule has 0 aromatic carbocycles. The van der Waals surface area contributed by atoms with Crippen molar-refractivity contribution in [3.05, 3.63) is 37.0 Å². The van der Waals surface area contributed by atoms with Crippen molar-refractivity contribution in [3.8, 4) is 0 Å². The second kappa shape index (κ2) is 9.29. The molecule has 0 aliphatic heterocycles. The first-order chi connectivity index (χ1) is 13.1. The van der Waals surface area contributed by atoms with Gasteiger partial charge in [-0.3, -0.25) is 9.59 Å². The van der Waals surface area contributed by atoms with Gasteiger partial charge in [0, 0.05) is 13.8 Å². The molecule has 0 amide bonds. The van der Waals surface area contributed by atoms with Gasteiger partial charge in [0.1, 0.15) is 5.60 Å². The Balaban J connectivity index is 3.09. The molecule has 5 nitrogen and oxygen atoms in total. The number of carbonyl (C=O) groups is 2. The van der Waals surface area contributed by atoms with E-state index in [1.807, 2.05) is 13.0 Å². The predicted molar refractivity (Wildman–Crippen MR) is 115 cm³/mol. The van der Waals surface area contributed by atoms with E-state index >= 15 is 0 Å². The standard InChI is InChI=1S/C24H38O5/c1-10-23(8)13-11-19(15-20(23)16(2)3)24(9,27)14-12-21(28-17(4)25)22(6,7)29-18(5)26/h10,12,14,19-21,27H,1-2,11,13,15H2,3-9H3/b14-12+/t19-,20+,21?,23-,24?/m0/s1. The molecule has 0 bridgehead atoms. The molecule has 2 unspecified atom stereocenters. The zero-order chi connectivity index (χ0) is 22.6. The van der Waals surface area contributed by atoms with Crippen LogP contribution in [-0.2, 0) is 19.1 Å². The summed E-state index contributed by atoms with van der Waals surface area (Å²) in [5.74, 6) is -0.697. The lowest BCUT2D eigenvalue weighted by Crippen LogP contribution is -2.44. The van der Waals surface area contributed by atoms with E-state index in [9.17, 15) is 14.7 Å². The summed E-state index contributed by atoms with van der Waals surface area (Å²) in [6.45, 7) is 20.1. The van der Waals surface area contributed by atoms with Gasteiger partial charge in [-0.05, 0) is 70.3 Å². The van der Waals surface area contributed by atoms with E-state index in [2.05, 4.69) is 20.1 Å². The number of aliphatic hydroxyl groups is 1. The summed E-state index contributed by atoms with van der Waals surface area (Å²) >= 11 is 0. The first-order valence-corrected chi connectivity index (χ1v) is 10.2. The van der Waals surface area contributed by atoms with Crippen LogP contribution in [0.5, 0.6) is 0 Å². The number of ether oxygens (including phenoxy) is 2. The lowest BCUT2D eigenvalue weighted by Gasteiger charge is -2.46. The molecule has 164 valence electrons. The molecule has 5 atom stereocenters. The number of hydrogen-bond donors (Lipinski definition) is 1. The van der Waals surface area contributed by atoms with Crippen molar-refractivity contribution in [2.45, 2.75) is 85.0 Å². The van der Waals surface area contributed by atoms with Gasteiger partial charge in [0.2, 0.25) is 0 Å². The first kappa shape index (κ1) is 25.2. The fourth-order valence-corrected chi connectivity index (χ4v) is 4.31. The van der Waals surface area contributed by atoms with E-state index < -0.39 is 29.2 Å². The SMILES string of the molecule is C=C[C@@]1(C)CC[C@H](C(C)(O)/C=C/C(OC(C)=O)C(C)(C)OC(C)=O)C[C@@H]1C(=C)C. The van der Waals surface area contributed by atoms with Crippen molar-refractivity contribution < 1.29 is 24.2 Å². The first-order valence-electron chi connectivity index (χ1n) is 10.2. The lowest BCUT2D eigenvalue weighted by atomic mass is 9.59. The molecule has 5 heteroatoms. The summed E-state index contributed by atoms with van der Waals surface area (Å²) in [5, 5.41) is 11.2. The largest absolute Gasteiger partial charge is 0.456 e. The molecule has 1 N–H and O–H groups in total. The van der Waals surface area contributed by atoms with Crippen LogP contribution in [-0.4, -0.2) is 34.4 Å². The van der Waals surface area contributed by atoms with Gasteiger partial charge >= 0.3 is 11.9 Å². The highest BCUT2D eigenvalue weighted by atomic mass is 16.6. The van der Waals surface area contributed by atoms with Gasteiger partial charge in [-0.25, -0.2) is 0 Å². The van der Waals surface area contributed by atoms with Crippen molar-refractivity contribution in [2.24, 2.45) is 17.3 Å². The third kappa shape index (κ3) is 6.56. The molecular weight excluding hydrogens is 368 g/mol. The third-order valence-electron chi connectivity index (χ3n) is 6.23. The van der Waals surface area contributed by atoms with Gasteiger partial charge < -0.3 is 14.6 Å². The second-order valence-electron chi connectivity index (χ2n) is 9.39. The average molecular weight is 407 g/mol. The maximum atomic E-state index is 11.6. The molecule has 0 heterocycles. The Kier molecular flexibility index (Phi) is 8.06. The topological polar surface area (TPSA) is 72.8 Å². The quantitative estimate of drug-likeness (QED) is 0.465. The van der Waals surface area contributed by atoms with Gasteiger partial charge in [-0.1, -0.05) is 31.2 Å². The lowest BCUT2D eigenvalue weighted by molar-refractivity contribution is -0.173. The van der Waals surface area contributed by atoms with Crippen molar-refractivity contribution in [1.29, 1.82) is 0 Å². The average Bonchev–Trinajstić information content (AvgIpc) is 2.56. The van der Waals surface area contributed by atoms with Gasteiger partial charge in [-0.15, -0.1) is 6.58 Å². The molecule has 1 fully saturated rings. The zero-order valence-corrected chi connectivity index (χ0v) is 19.1. The van der Waals surface area contributed by atoms with Crippen LogP contribution in [0, 0.1) is 17.3 Å². The summed E-state index contributed by atoms with van der Waals surface area (Å²) in [7, 11) is 0. The highest BCUT2D eigenvalue weighted by Crippen LogP contribution is 2.50. The molecule has 1 rings (SSSR count). The highest BCUT2D eigenvalue weighted by Gasteiger charge is 2.43. The normalized spacial score (nSPS) is 28.3. The van der Waals surface area contributed by atoms with E-state index in [0.717, 1.165) is 24.8 Å². The van der Waals surface area contributed by atoms with Crippen LogP contribution < -0.4 is 0 Å². The van der Waals surface area contributed by atoms with E-state index in [-0.39, 0.29) is 17.3 Å². The molecule has 0 spiro atoms. The van der Waals surface area contributed by atoms with Crippen LogP contribution in [0.4, 0.5) is 0 Å². The van der Waals surface area contributed by atoms with Crippen molar-refractivity contribution in [1.82, 2.24) is 0 Å². The Bertz CT molecular complexity index is 673. The van der Waals surface area contributed by atoms with Crippen LogP contribution >= 0.6 is 0 Å². The van der Waals surface area contributed by atoms with E-state index in [1.54, 1.807) is 32.9 Å². The summed E-state index contributed by atoms with van der Waals surface area (Å²) in [6.07, 6.45) is 7.04. The maximum absolute atomic E-state index is 11.6. The Morgan fingerprint density at radius 1 is 1.21 bits per heavy atom. The fourth-order valence-electron chi connectivity index (χ4n) is 4.31. The fraction of sp³-hybridized carbons (Fsp3) is 0.667. The predicted octanol–water partition coefficient (Wildman–Crippen LogP) is 4.75. The number of hydrogen-bond acceptors (Lipinski definition) is 5. The van der Waals surface area contributed by atoms with Gasteiger partial charge in [0.15, 0.2) is 6.10 Å². The molecule has 0 radical (unpaired) electrons. The van der Waals surface area contributed by atoms with Gasteiger partial charge in [0.05, 0.1) is 5.60 Å². The third-order valence-corrected chi connectivity index (χ3v) is 6.23. The van der Waals surface area contributed by atoms with E-state index in [0.29, 0.717) is 0 Å². The summed E-state index contributed by atoms with van der Waals surface area (Å²) in [5.41, 5.74) is -1.11. The second-order valence-corrected chi connectivity index (χ2v) is 9.39. The van der Waals surface area contributed by atoms with Crippen LogP contribution in [0.15, 0.2) is 37.0 Å². The number of carbonyl (C=O) groups excluding carboxylic acids is 2. The molecule has 0 aromatic rings. The maximum Gasteiger partial charge on any atom is 0.303 e. The number of rotatable bonds is 8. The van der Waals surface area contributed by atoms with E-state index in [1.165, 1.54) is 13.8 Å². The van der Waals surface area contributed by atoms with Crippen LogP contribution in [0.3, 0.4) is 0 Å². The van der Waals surface area contributed by atoms with Crippen LogP contribution in [0.25, 0.3) is 0 Å². The summed E-state index contributed by atoms with van der Waals surface area (Å²) in [6, 6.07) is 0. The van der Waals surface area contributed by atoms with Crippen molar-refractivity contribution >= 4 is 11.9 Å². The molecular formula is C24H38O5. The number of allylic oxidation sites excluding steroid dienone is 2. The summed E-state index contributed by atoms with van der Waals surface area (Å²) < 4.78 is 10.7. The molecule has 1 saturated carbocycles. The van der Waals surface area contributed by atoms with E-state index in [4.69, 9.17) is 9.47 Å². The van der Waals surface area contributed by atoms with Crippen molar-refractivity contribution in [2.75, 3.05) is 0 Å². The zero-order valence-electron chi connectivity index (χ0n) is 19.1. The van der Waals surface area contributed by atoms with Gasteiger partial charge in [-0.2, -0.15) is 0 Å². The Morgan fingerprint density at radius 2 is 1.79 bits per heavy atom. The molecule has 0 aromatic heterocycles. The van der Waals surface area contributed by atoms with Gasteiger partial charge in [0.25, 0.3) is 0 Å². The Labute approximate surface area is 175 Å².